The molecule has 1 aromatic carbocycles. The normalized spacial score (nSPS) is 15.9. The minimum atomic E-state index is 0.687. The monoisotopic (exact) mass is 191 g/mol. The molecule has 0 aliphatic carbocycles. The molecule has 0 bridgehead atoms. The van der Waals surface area contributed by atoms with Gasteiger partial charge in [0.05, 0.1) is 0 Å². The standard InChI is InChI=1S/C12H17NO/c1-3-9-5-11-7-13(14)8-12(11)6-10(9)4-2/h5-6,14H,3-4,7-8H2,1-2H3. The van der Waals surface area contributed by atoms with Crippen molar-refractivity contribution in [1.29, 1.82) is 0 Å². The average molecular weight is 191 g/mol. The number of hydroxylamine groups is 2. The van der Waals surface area contributed by atoms with Crippen LogP contribution < -0.4 is 0 Å². The van der Waals surface area contributed by atoms with Gasteiger partial charge in [0.1, 0.15) is 0 Å². The number of nitrogens with zero attached hydrogens (tertiary/aromatic N) is 1. The smallest absolute Gasteiger partial charge is 0.0495 e. The van der Waals surface area contributed by atoms with E-state index in [1.165, 1.54) is 27.3 Å². The highest BCUT2D eigenvalue weighted by Crippen LogP contribution is 2.25. The Labute approximate surface area is 85.1 Å². The van der Waals surface area contributed by atoms with Gasteiger partial charge in [0.2, 0.25) is 0 Å². The third kappa shape index (κ3) is 1.56. The van der Waals surface area contributed by atoms with Gasteiger partial charge >= 0.3 is 0 Å². The molecule has 0 aromatic heterocycles. The first kappa shape index (κ1) is 9.69. The summed E-state index contributed by atoms with van der Waals surface area (Å²) in [5.41, 5.74) is 5.45. The quantitative estimate of drug-likeness (QED) is 0.776. The molecule has 76 valence electrons. The SMILES string of the molecule is CCc1cc2c(cc1CC)CN(O)C2. The van der Waals surface area contributed by atoms with Crippen LogP contribution in [-0.2, 0) is 25.9 Å². The van der Waals surface area contributed by atoms with Gasteiger partial charge < -0.3 is 5.21 Å². The lowest BCUT2D eigenvalue weighted by Crippen LogP contribution is -2.08. The zero-order valence-electron chi connectivity index (χ0n) is 8.88. The zero-order valence-corrected chi connectivity index (χ0v) is 8.88. The predicted octanol–water partition coefficient (Wildman–Crippen LogP) is 2.52. The summed E-state index contributed by atoms with van der Waals surface area (Å²) in [6.45, 7) is 5.75. The van der Waals surface area contributed by atoms with Crippen molar-refractivity contribution in [2.75, 3.05) is 0 Å². The molecule has 0 amide bonds. The van der Waals surface area contributed by atoms with Gasteiger partial charge in [0.15, 0.2) is 0 Å². The number of hydrogen-bond donors (Lipinski definition) is 1. The molecule has 1 N–H and O–H groups in total. The Hall–Kier alpha value is -0.860. The summed E-state index contributed by atoms with van der Waals surface area (Å²) in [7, 11) is 0. The van der Waals surface area contributed by atoms with E-state index in [2.05, 4.69) is 26.0 Å². The Balaban J connectivity index is 2.43. The number of hydrogen-bond acceptors (Lipinski definition) is 2. The fourth-order valence-electron chi connectivity index (χ4n) is 2.19. The van der Waals surface area contributed by atoms with Gasteiger partial charge in [-0.05, 0) is 35.1 Å². The highest BCUT2D eigenvalue weighted by atomic mass is 16.5. The second-order valence-corrected chi connectivity index (χ2v) is 3.92. The van der Waals surface area contributed by atoms with Crippen molar-refractivity contribution in [2.24, 2.45) is 0 Å². The van der Waals surface area contributed by atoms with E-state index < -0.39 is 0 Å². The van der Waals surface area contributed by atoms with Crippen molar-refractivity contribution >= 4 is 0 Å². The van der Waals surface area contributed by atoms with Gasteiger partial charge in [0, 0.05) is 13.1 Å². The molecular formula is C12H17NO. The van der Waals surface area contributed by atoms with Crippen molar-refractivity contribution in [3.63, 3.8) is 0 Å². The topological polar surface area (TPSA) is 23.5 Å². The second kappa shape index (κ2) is 3.71. The molecule has 0 saturated heterocycles. The molecule has 1 heterocycles. The van der Waals surface area contributed by atoms with E-state index in [-0.39, 0.29) is 0 Å². The zero-order chi connectivity index (χ0) is 10.1. The van der Waals surface area contributed by atoms with Crippen molar-refractivity contribution < 1.29 is 5.21 Å². The molecule has 1 aromatic rings. The third-order valence-corrected chi connectivity index (χ3v) is 2.99. The molecule has 0 radical (unpaired) electrons. The first-order valence-corrected chi connectivity index (χ1v) is 5.32. The summed E-state index contributed by atoms with van der Waals surface area (Å²) in [6, 6.07) is 4.51. The van der Waals surface area contributed by atoms with Gasteiger partial charge in [-0.3, -0.25) is 0 Å². The summed E-state index contributed by atoms with van der Waals surface area (Å²) >= 11 is 0. The highest BCUT2D eigenvalue weighted by Gasteiger charge is 2.18. The summed E-state index contributed by atoms with van der Waals surface area (Å²) in [5, 5.41) is 10.8. The first-order valence-electron chi connectivity index (χ1n) is 5.32. The second-order valence-electron chi connectivity index (χ2n) is 3.92. The lowest BCUT2D eigenvalue weighted by molar-refractivity contribution is -0.0969. The van der Waals surface area contributed by atoms with Gasteiger partial charge in [0.25, 0.3) is 0 Å². The van der Waals surface area contributed by atoms with Gasteiger partial charge in [-0.1, -0.05) is 26.0 Å². The summed E-state index contributed by atoms with van der Waals surface area (Å²) in [4.78, 5) is 0. The number of aryl methyl sites for hydroxylation is 2. The van der Waals surface area contributed by atoms with Gasteiger partial charge in [-0.2, -0.15) is 5.06 Å². The van der Waals surface area contributed by atoms with Crippen molar-refractivity contribution in [2.45, 2.75) is 39.8 Å². The van der Waals surface area contributed by atoms with Crippen molar-refractivity contribution in [3.8, 4) is 0 Å². The molecule has 0 atom stereocenters. The molecule has 2 rings (SSSR count). The number of rotatable bonds is 2. The van der Waals surface area contributed by atoms with E-state index in [0.29, 0.717) is 13.1 Å². The molecule has 0 saturated carbocycles. The highest BCUT2D eigenvalue weighted by molar-refractivity contribution is 5.40. The average Bonchev–Trinajstić information content (AvgIpc) is 2.54. The van der Waals surface area contributed by atoms with E-state index in [4.69, 9.17) is 0 Å². The lowest BCUT2D eigenvalue weighted by Gasteiger charge is -2.08. The van der Waals surface area contributed by atoms with Crippen LogP contribution in [0.5, 0.6) is 0 Å². The summed E-state index contributed by atoms with van der Waals surface area (Å²) in [6.07, 6.45) is 2.17. The van der Waals surface area contributed by atoms with Crippen LogP contribution in [0.2, 0.25) is 0 Å². The lowest BCUT2D eigenvalue weighted by atomic mass is 9.97. The molecule has 0 fully saturated rings. The maximum absolute atomic E-state index is 9.41. The van der Waals surface area contributed by atoms with E-state index in [1.807, 2.05) is 0 Å². The minimum Gasteiger partial charge on any atom is -0.313 e. The molecular weight excluding hydrogens is 174 g/mol. The third-order valence-electron chi connectivity index (χ3n) is 2.99. The molecule has 1 aliphatic rings. The van der Waals surface area contributed by atoms with E-state index >= 15 is 0 Å². The van der Waals surface area contributed by atoms with Crippen LogP contribution in [-0.4, -0.2) is 10.3 Å². The number of benzene rings is 1. The molecule has 0 spiro atoms. The van der Waals surface area contributed by atoms with Crippen molar-refractivity contribution in [3.05, 3.63) is 34.4 Å². The van der Waals surface area contributed by atoms with E-state index in [0.717, 1.165) is 12.8 Å². The van der Waals surface area contributed by atoms with Crippen LogP contribution in [0.4, 0.5) is 0 Å². The fourth-order valence-corrected chi connectivity index (χ4v) is 2.19. The van der Waals surface area contributed by atoms with E-state index in [9.17, 15) is 5.21 Å². The minimum absolute atomic E-state index is 0.687. The van der Waals surface area contributed by atoms with Crippen LogP contribution in [0.1, 0.15) is 36.1 Å². The Bertz CT molecular complexity index is 313. The van der Waals surface area contributed by atoms with Gasteiger partial charge in [-0.25, -0.2) is 0 Å². The Kier molecular flexibility index (Phi) is 2.57. The van der Waals surface area contributed by atoms with Crippen LogP contribution in [0.3, 0.4) is 0 Å². The summed E-state index contributed by atoms with van der Waals surface area (Å²) in [5.74, 6) is 0. The van der Waals surface area contributed by atoms with Gasteiger partial charge in [-0.15, -0.1) is 0 Å². The Morgan fingerprint density at radius 2 is 1.50 bits per heavy atom. The Morgan fingerprint density at radius 3 is 1.86 bits per heavy atom. The predicted molar refractivity (Wildman–Crippen MR) is 56.2 cm³/mol. The largest absolute Gasteiger partial charge is 0.313 e. The fraction of sp³-hybridized carbons (Fsp3) is 0.500. The number of fused-ring (bicyclic) bond motifs is 1. The first-order chi connectivity index (χ1) is 6.74. The molecule has 1 aliphatic heterocycles. The maximum Gasteiger partial charge on any atom is 0.0495 e. The molecule has 0 unspecified atom stereocenters. The maximum atomic E-state index is 9.41. The van der Waals surface area contributed by atoms with Crippen molar-refractivity contribution in [1.82, 2.24) is 5.06 Å². The Morgan fingerprint density at radius 1 is 1.07 bits per heavy atom. The molecule has 14 heavy (non-hydrogen) atoms. The molecule has 2 heteroatoms. The van der Waals surface area contributed by atoms with E-state index in [1.54, 1.807) is 0 Å². The van der Waals surface area contributed by atoms with Crippen LogP contribution >= 0.6 is 0 Å². The van der Waals surface area contributed by atoms with Crippen LogP contribution in [0.25, 0.3) is 0 Å². The summed E-state index contributed by atoms with van der Waals surface area (Å²) < 4.78 is 0. The molecule has 2 nitrogen and oxygen atoms in total. The van der Waals surface area contributed by atoms with Crippen LogP contribution in [0.15, 0.2) is 12.1 Å². The van der Waals surface area contributed by atoms with Crippen LogP contribution in [0, 0.1) is 0 Å².